The topological polar surface area (TPSA) is 116 Å². The fourth-order valence-electron chi connectivity index (χ4n) is 2.15. The number of nitrogens with one attached hydrogen (secondary N) is 1. The molecule has 1 aromatic carbocycles. The Balaban J connectivity index is 2.45. The second-order valence-electron chi connectivity index (χ2n) is 5.03. The standard InChI is InChI=1S/C15H19FN6/c1-8(17)12-13(9(2)18)15(22-21-14(12)19)20-7-10-3-5-11(16)6-4-10/h3-6H,7,17-18H2,1-2H3,(H2,19,21)(H,20,22)/b12-8-,13-9-. The number of rotatable bonds is 3. The van der Waals surface area contributed by atoms with Gasteiger partial charge in [0, 0.05) is 28.4 Å². The van der Waals surface area contributed by atoms with Gasteiger partial charge >= 0.3 is 0 Å². The van der Waals surface area contributed by atoms with Crippen molar-refractivity contribution in [1.82, 2.24) is 10.2 Å². The molecule has 0 aliphatic rings. The van der Waals surface area contributed by atoms with Crippen LogP contribution in [0.15, 0.2) is 24.3 Å². The van der Waals surface area contributed by atoms with Gasteiger partial charge in [0.2, 0.25) is 0 Å². The van der Waals surface area contributed by atoms with Gasteiger partial charge < -0.3 is 22.5 Å². The quantitative estimate of drug-likeness (QED) is 0.633. The largest absolute Gasteiger partial charge is 0.402 e. The van der Waals surface area contributed by atoms with Crippen LogP contribution in [0.5, 0.6) is 0 Å². The zero-order valence-electron chi connectivity index (χ0n) is 12.5. The fraction of sp³-hybridized carbons (Fsp3) is 0.200. The van der Waals surface area contributed by atoms with Crippen molar-refractivity contribution in [2.75, 3.05) is 11.1 Å². The van der Waals surface area contributed by atoms with E-state index in [2.05, 4.69) is 15.5 Å². The normalized spacial score (nSPS) is 13.6. The monoisotopic (exact) mass is 302 g/mol. The van der Waals surface area contributed by atoms with E-state index in [-0.39, 0.29) is 11.6 Å². The molecule has 0 aliphatic heterocycles. The lowest BCUT2D eigenvalue weighted by Crippen LogP contribution is -2.39. The van der Waals surface area contributed by atoms with Gasteiger partial charge in [-0.25, -0.2) is 4.39 Å². The van der Waals surface area contributed by atoms with Crippen LogP contribution in [0, 0.1) is 5.82 Å². The Morgan fingerprint density at radius 3 is 2.18 bits per heavy atom. The van der Waals surface area contributed by atoms with E-state index in [4.69, 9.17) is 17.2 Å². The van der Waals surface area contributed by atoms with Crippen LogP contribution in [0.2, 0.25) is 0 Å². The van der Waals surface area contributed by atoms with E-state index in [0.29, 0.717) is 34.2 Å². The van der Waals surface area contributed by atoms with Crippen molar-refractivity contribution >= 4 is 23.0 Å². The molecule has 1 aromatic heterocycles. The minimum atomic E-state index is -0.279. The van der Waals surface area contributed by atoms with Crippen LogP contribution in [0.25, 0.3) is 11.4 Å². The molecular formula is C15H19FN6. The summed E-state index contributed by atoms with van der Waals surface area (Å²) >= 11 is 0. The summed E-state index contributed by atoms with van der Waals surface area (Å²) in [7, 11) is 0. The summed E-state index contributed by atoms with van der Waals surface area (Å²) in [5.41, 5.74) is 19.6. The van der Waals surface area contributed by atoms with E-state index >= 15 is 0 Å². The molecule has 0 aliphatic carbocycles. The minimum Gasteiger partial charge on any atom is -0.402 e. The van der Waals surface area contributed by atoms with Crippen molar-refractivity contribution in [2.24, 2.45) is 11.5 Å². The number of nitrogens with zero attached hydrogens (tertiary/aromatic N) is 2. The van der Waals surface area contributed by atoms with Crippen LogP contribution < -0.4 is 33.0 Å². The molecule has 6 nitrogen and oxygen atoms in total. The molecule has 22 heavy (non-hydrogen) atoms. The maximum atomic E-state index is 12.9. The highest BCUT2D eigenvalue weighted by molar-refractivity contribution is 5.57. The summed E-state index contributed by atoms with van der Waals surface area (Å²) in [5.74, 6) is 0.434. The van der Waals surface area contributed by atoms with Crippen molar-refractivity contribution in [3.63, 3.8) is 0 Å². The summed E-state index contributed by atoms with van der Waals surface area (Å²) in [5, 5.41) is 12.3. The van der Waals surface area contributed by atoms with Crippen LogP contribution in [0.4, 0.5) is 16.0 Å². The Kier molecular flexibility index (Phi) is 4.45. The van der Waals surface area contributed by atoms with Gasteiger partial charge in [-0.05, 0) is 31.5 Å². The Labute approximate surface area is 127 Å². The van der Waals surface area contributed by atoms with Crippen molar-refractivity contribution < 1.29 is 4.39 Å². The van der Waals surface area contributed by atoms with Gasteiger partial charge in [0.15, 0.2) is 11.6 Å². The third-order valence-electron chi connectivity index (χ3n) is 3.16. The van der Waals surface area contributed by atoms with Crippen molar-refractivity contribution in [3.05, 3.63) is 46.1 Å². The molecule has 0 spiro atoms. The number of nitrogen functional groups attached to an aromatic ring is 1. The fourth-order valence-corrected chi connectivity index (χ4v) is 2.15. The summed E-state index contributed by atoms with van der Waals surface area (Å²) < 4.78 is 12.9. The van der Waals surface area contributed by atoms with Crippen molar-refractivity contribution in [3.8, 4) is 0 Å². The third kappa shape index (κ3) is 3.25. The molecule has 7 N–H and O–H groups in total. The van der Waals surface area contributed by atoms with Gasteiger partial charge in [-0.15, -0.1) is 10.2 Å². The molecule has 2 aromatic rings. The van der Waals surface area contributed by atoms with Gasteiger partial charge in [-0.2, -0.15) is 0 Å². The van der Waals surface area contributed by atoms with Gasteiger partial charge in [0.1, 0.15) is 5.82 Å². The number of hydrogen-bond donors (Lipinski definition) is 4. The highest BCUT2D eigenvalue weighted by Crippen LogP contribution is 2.04. The first-order valence-corrected chi connectivity index (χ1v) is 6.73. The maximum Gasteiger partial charge on any atom is 0.158 e. The Bertz CT molecular complexity index is 790. The van der Waals surface area contributed by atoms with E-state index in [1.54, 1.807) is 26.0 Å². The predicted molar refractivity (Wildman–Crippen MR) is 86.0 cm³/mol. The highest BCUT2D eigenvalue weighted by atomic mass is 19.1. The number of hydrogen-bond acceptors (Lipinski definition) is 6. The lowest BCUT2D eigenvalue weighted by Gasteiger charge is -2.09. The average molecular weight is 302 g/mol. The molecule has 0 amide bonds. The van der Waals surface area contributed by atoms with Crippen LogP contribution in [0.3, 0.4) is 0 Å². The van der Waals surface area contributed by atoms with E-state index in [1.165, 1.54) is 12.1 Å². The number of halogens is 1. The summed E-state index contributed by atoms with van der Waals surface area (Å²) in [6.45, 7) is 3.91. The molecular weight excluding hydrogens is 283 g/mol. The zero-order chi connectivity index (χ0) is 16.3. The second-order valence-corrected chi connectivity index (χ2v) is 5.03. The molecule has 0 atom stereocenters. The first-order chi connectivity index (χ1) is 10.4. The zero-order valence-corrected chi connectivity index (χ0v) is 12.5. The Morgan fingerprint density at radius 1 is 1.05 bits per heavy atom. The Hall–Kier alpha value is -2.83. The minimum absolute atomic E-state index is 0.229. The van der Waals surface area contributed by atoms with Crippen molar-refractivity contribution in [1.29, 1.82) is 0 Å². The van der Waals surface area contributed by atoms with Crippen LogP contribution in [-0.4, -0.2) is 10.2 Å². The molecule has 1 heterocycles. The molecule has 0 radical (unpaired) electrons. The Morgan fingerprint density at radius 2 is 1.64 bits per heavy atom. The second kappa shape index (κ2) is 6.30. The SMILES string of the molecule is C/C(N)=c1/c(N)nnc(NCc2ccc(F)cc2)/c1=C(/C)N. The van der Waals surface area contributed by atoms with Gasteiger partial charge in [0.05, 0.1) is 0 Å². The first kappa shape index (κ1) is 15.6. The van der Waals surface area contributed by atoms with E-state index in [9.17, 15) is 4.39 Å². The molecule has 0 unspecified atom stereocenters. The maximum absolute atomic E-state index is 12.9. The van der Waals surface area contributed by atoms with E-state index < -0.39 is 0 Å². The molecule has 2 rings (SSSR count). The average Bonchev–Trinajstić information content (AvgIpc) is 2.46. The lowest BCUT2D eigenvalue weighted by atomic mass is 10.2. The third-order valence-corrected chi connectivity index (χ3v) is 3.16. The van der Waals surface area contributed by atoms with Crippen LogP contribution in [-0.2, 0) is 6.54 Å². The molecule has 0 bridgehead atoms. The molecule has 7 heteroatoms. The number of benzene rings is 1. The summed E-state index contributed by atoms with van der Waals surface area (Å²) in [4.78, 5) is 0. The first-order valence-electron chi connectivity index (χ1n) is 6.73. The highest BCUT2D eigenvalue weighted by Gasteiger charge is 2.07. The van der Waals surface area contributed by atoms with Gasteiger partial charge in [-0.1, -0.05) is 12.1 Å². The smallest absolute Gasteiger partial charge is 0.158 e. The van der Waals surface area contributed by atoms with E-state index in [0.717, 1.165) is 5.56 Å². The predicted octanol–water partition coefficient (Wildman–Crippen LogP) is -0.0164. The van der Waals surface area contributed by atoms with Gasteiger partial charge in [-0.3, -0.25) is 0 Å². The molecule has 0 saturated carbocycles. The lowest BCUT2D eigenvalue weighted by molar-refractivity contribution is 0.627. The van der Waals surface area contributed by atoms with Crippen LogP contribution >= 0.6 is 0 Å². The molecule has 0 saturated heterocycles. The van der Waals surface area contributed by atoms with Gasteiger partial charge in [0.25, 0.3) is 0 Å². The molecule has 116 valence electrons. The van der Waals surface area contributed by atoms with Crippen LogP contribution in [0.1, 0.15) is 19.4 Å². The number of nitrogens with two attached hydrogens (primary N) is 3. The number of aromatic nitrogens is 2. The van der Waals surface area contributed by atoms with Crippen molar-refractivity contribution in [2.45, 2.75) is 20.4 Å². The summed E-state index contributed by atoms with van der Waals surface area (Å²) in [6.07, 6.45) is 0. The molecule has 0 fully saturated rings. The number of anilines is 2. The van der Waals surface area contributed by atoms with E-state index in [1.807, 2.05) is 0 Å². The summed E-state index contributed by atoms with van der Waals surface area (Å²) in [6, 6.07) is 6.17.